The molecule has 0 saturated carbocycles. The standard InChI is InChI=1S/C35H30/c1-34(2,3)26-23-21-25(22-24-26)29-18-12-20-32-33(29)30-17-10-11-19-31(30)35(32,27-13-6-4-7-14-27)28-15-8-5-9-16-28/h4-24H,1-3H3. The van der Waals surface area contributed by atoms with Crippen LogP contribution in [0.1, 0.15) is 48.6 Å². The van der Waals surface area contributed by atoms with Crippen LogP contribution < -0.4 is 0 Å². The van der Waals surface area contributed by atoms with E-state index >= 15 is 0 Å². The van der Waals surface area contributed by atoms with Crippen LogP contribution in [0.5, 0.6) is 0 Å². The molecular formula is C35H30. The lowest BCUT2D eigenvalue weighted by atomic mass is 9.67. The minimum atomic E-state index is -0.351. The van der Waals surface area contributed by atoms with Crippen molar-refractivity contribution in [3.63, 3.8) is 0 Å². The fraction of sp³-hybridized carbons (Fsp3) is 0.143. The van der Waals surface area contributed by atoms with Crippen LogP contribution in [0.3, 0.4) is 0 Å². The highest BCUT2D eigenvalue weighted by atomic mass is 14.5. The molecule has 0 saturated heterocycles. The first kappa shape index (κ1) is 21.6. The van der Waals surface area contributed by atoms with Crippen molar-refractivity contribution in [2.75, 3.05) is 0 Å². The Kier molecular flexibility index (Phi) is 5.00. The second-order valence-corrected chi connectivity index (χ2v) is 10.6. The lowest BCUT2D eigenvalue weighted by Crippen LogP contribution is -2.28. The lowest BCUT2D eigenvalue weighted by Gasteiger charge is -2.34. The maximum absolute atomic E-state index is 2.34. The van der Waals surface area contributed by atoms with Gasteiger partial charge in [-0.15, -0.1) is 0 Å². The number of fused-ring (bicyclic) bond motifs is 3. The van der Waals surface area contributed by atoms with E-state index in [9.17, 15) is 0 Å². The Morgan fingerprint density at radius 2 is 0.971 bits per heavy atom. The molecule has 0 unspecified atom stereocenters. The smallest absolute Gasteiger partial charge is 0.0622 e. The van der Waals surface area contributed by atoms with Crippen molar-refractivity contribution in [3.8, 4) is 22.3 Å². The summed E-state index contributed by atoms with van der Waals surface area (Å²) in [6.45, 7) is 6.81. The average molecular weight is 451 g/mol. The molecule has 5 aromatic rings. The van der Waals surface area contributed by atoms with E-state index in [2.05, 4.69) is 148 Å². The molecule has 0 aliphatic heterocycles. The molecule has 0 N–H and O–H groups in total. The highest BCUT2D eigenvalue weighted by Gasteiger charge is 2.46. The van der Waals surface area contributed by atoms with Crippen LogP contribution in [0.15, 0.2) is 127 Å². The van der Waals surface area contributed by atoms with Gasteiger partial charge in [0.1, 0.15) is 0 Å². The van der Waals surface area contributed by atoms with E-state index in [0.29, 0.717) is 0 Å². The van der Waals surface area contributed by atoms with Gasteiger partial charge in [-0.3, -0.25) is 0 Å². The Balaban J connectivity index is 1.69. The minimum Gasteiger partial charge on any atom is -0.0622 e. The number of benzene rings is 5. The molecule has 170 valence electrons. The maximum Gasteiger partial charge on any atom is 0.0713 e. The van der Waals surface area contributed by atoms with Gasteiger partial charge in [-0.1, -0.05) is 148 Å². The molecule has 0 atom stereocenters. The first-order chi connectivity index (χ1) is 17.0. The van der Waals surface area contributed by atoms with Crippen molar-refractivity contribution in [3.05, 3.63) is 155 Å². The number of hydrogen-bond donors (Lipinski definition) is 0. The van der Waals surface area contributed by atoms with Gasteiger partial charge in [-0.25, -0.2) is 0 Å². The predicted octanol–water partition coefficient (Wildman–Crippen LogP) is 9.01. The van der Waals surface area contributed by atoms with E-state index in [1.807, 2.05) is 0 Å². The molecule has 0 heteroatoms. The zero-order chi connectivity index (χ0) is 24.0. The zero-order valence-corrected chi connectivity index (χ0v) is 20.6. The van der Waals surface area contributed by atoms with Crippen molar-refractivity contribution in [1.82, 2.24) is 0 Å². The van der Waals surface area contributed by atoms with Crippen LogP contribution in [0.25, 0.3) is 22.3 Å². The Morgan fingerprint density at radius 3 is 1.57 bits per heavy atom. The highest BCUT2D eigenvalue weighted by molar-refractivity contribution is 5.95. The van der Waals surface area contributed by atoms with Crippen LogP contribution in [-0.4, -0.2) is 0 Å². The van der Waals surface area contributed by atoms with E-state index in [1.54, 1.807) is 0 Å². The van der Waals surface area contributed by atoms with Gasteiger partial charge in [0, 0.05) is 0 Å². The molecular weight excluding hydrogens is 420 g/mol. The molecule has 0 bridgehead atoms. The fourth-order valence-electron chi connectivity index (χ4n) is 5.88. The summed E-state index contributed by atoms with van der Waals surface area (Å²) >= 11 is 0. The molecule has 6 rings (SSSR count). The molecule has 1 aliphatic rings. The third-order valence-corrected chi connectivity index (χ3v) is 7.54. The van der Waals surface area contributed by atoms with E-state index in [-0.39, 0.29) is 10.8 Å². The second-order valence-electron chi connectivity index (χ2n) is 10.6. The highest BCUT2D eigenvalue weighted by Crippen LogP contribution is 2.58. The van der Waals surface area contributed by atoms with Gasteiger partial charge in [0.2, 0.25) is 0 Å². The number of hydrogen-bond acceptors (Lipinski definition) is 0. The minimum absolute atomic E-state index is 0.138. The molecule has 0 heterocycles. The van der Waals surface area contributed by atoms with E-state index in [1.165, 1.54) is 50.1 Å². The molecule has 0 radical (unpaired) electrons. The van der Waals surface area contributed by atoms with Crippen LogP contribution in [0.4, 0.5) is 0 Å². The summed E-state index contributed by atoms with van der Waals surface area (Å²) < 4.78 is 0. The van der Waals surface area contributed by atoms with Gasteiger partial charge in [0.15, 0.2) is 0 Å². The van der Waals surface area contributed by atoms with Crippen LogP contribution in [0.2, 0.25) is 0 Å². The Labute approximate surface area is 208 Å². The molecule has 0 aromatic heterocycles. The topological polar surface area (TPSA) is 0 Å². The summed E-state index contributed by atoms with van der Waals surface area (Å²) in [6.07, 6.45) is 0. The molecule has 0 nitrogen and oxygen atoms in total. The van der Waals surface area contributed by atoms with Gasteiger partial charge in [-0.2, -0.15) is 0 Å². The molecule has 5 aromatic carbocycles. The quantitative estimate of drug-likeness (QED) is 0.252. The van der Waals surface area contributed by atoms with E-state index < -0.39 is 0 Å². The summed E-state index contributed by atoms with van der Waals surface area (Å²) in [5.74, 6) is 0. The fourth-order valence-corrected chi connectivity index (χ4v) is 5.88. The average Bonchev–Trinajstić information content (AvgIpc) is 3.21. The van der Waals surface area contributed by atoms with Crippen molar-refractivity contribution in [2.24, 2.45) is 0 Å². The normalized spacial score (nSPS) is 13.8. The molecule has 1 aliphatic carbocycles. The first-order valence-corrected chi connectivity index (χ1v) is 12.5. The van der Waals surface area contributed by atoms with Crippen molar-refractivity contribution in [2.45, 2.75) is 31.6 Å². The summed E-state index contributed by atoms with van der Waals surface area (Å²) in [4.78, 5) is 0. The number of rotatable bonds is 3. The van der Waals surface area contributed by atoms with E-state index in [0.717, 1.165) is 0 Å². The van der Waals surface area contributed by atoms with Crippen molar-refractivity contribution in [1.29, 1.82) is 0 Å². The zero-order valence-electron chi connectivity index (χ0n) is 20.6. The summed E-state index contributed by atoms with van der Waals surface area (Å²) in [7, 11) is 0. The third kappa shape index (κ3) is 3.28. The Hall–Kier alpha value is -3.90. The molecule has 0 fully saturated rings. The SMILES string of the molecule is CC(C)(C)c1ccc(-c2cccc3c2-c2ccccc2C3(c2ccccc2)c2ccccc2)cc1. The van der Waals surface area contributed by atoms with Crippen LogP contribution in [-0.2, 0) is 10.8 Å². The van der Waals surface area contributed by atoms with Gasteiger partial charge in [0.05, 0.1) is 5.41 Å². The van der Waals surface area contributed by atoms with Gasteiger partial charge in [-0.05, 0) is 55.5 Å². The monoisotopic (exact) mass is 450 g/mol. The van der Waals surface area contributed by atoms with Gasteiger partial charge in [0.25, 0.3) is 0 Å². The summed E-state index contributed by atoms with van der Waals surface area (Å²) in [5, 5.41) is 0. The molecule has 35 heavy (non-hydrogen) atoms. The Bertz CT molecular complexity index is 1440. The first-order valence-electron chi connectivity index (χ1n) is 12.5. The summed E-state index contributed by atoms with van der Waals surface area (Å²) in [6, 6.07) is 47.0. The van der Waals surface area contributed by atoms with Gasteiger partial charge < -0.3 is 0 Å². The summed E-state index contributed by atoms with van der Waals surface area (Å²) in [5.41, 5.74) is 11.7. The second kappa shape index (κ2) is 8.10. The van der Waals surface area contributed by atoms with Crippen LogP contribution in [0, 0.1) is 0 Å². The largest absolute Gasteiger partial charge is 0.0713 e. The Morgan fingerprint density at radius 1 is 0.457 bits per heavy atom. The molecule has 0 spiro atoms. The third-order valence-electron chi connectivity index (χ3n) is 7.54. The lowest BCUT2D eigenvalue weighted by molar-refractivity contribution is 0.590. The van der Waals surface area contributed by atoms with E-state index in [4.69, 9.17) is 0 Å². The van der Waals surface area contributed by atoms with Crippen LogP contribution >= 0.6 is 0 Å². The maximum atomic E-state index is 2.34. The van der Waals surface area contributed by atoms with Gasteiger partial charge >= 0.3 is 0 Å². The van der Waals surface area contributed by atoms with Crippen molar-refractivity contribution < 1.29 is 0 Å². The molecule has 0 amide bonds. The van der Waals surface area contributed by atoms with Crippen molar-refractivity contribution >= 4 is 0 Å². The predicted molar refractivity (Wildman–Crippen MR) is 148 cm³/mol.